The standard InChI is InChI=1S/C17H23FN2O3S/c1-17(18)9-11-20(15(13-17)14-7-4-3-5-8-14)16(21)19-10-6-12-24(2,22)23/h3-8,12,15H,9-11,13H2,1-2H3,(H,19,21)/b12-6+/t15-,17-/m0/s1. The summed E-state index contributed by atoms with van der Waals surface area (Å²) in [6.07, 6.45) is 2.99. The molecule has 2 amide bonds. The summed E-state index contributed by atoms with van der Waals surface area (Å²) < 4.78 is 36.5. The zero-order valence-corrected chi connectivity index (χ0v) is 14.7. The molecule has 0 radical (unpaired) electrons. The molecule has 0 aromatic heterocycles. The average molecular weight is 354 g/mol. The number of piperidine rings is 1. The number of hydrogen-bond acceptors (Lipinski definition) is 3. The Kier molecular flexibility index (Phi) is 5.64. The molecule has 7 heteroatoms. The van der Waals surface area contributed by atoms with Gasteiger partial charge in [0.05, 0.1) is 6.04 Å². The second-order valence-corrected chi connectivity index (χ2v) is 8.31. The molecule has 1 aliphatic rings. The molecule has 1 aromatic rings. The minimum absolute atomic E-state index is 0.108. The lowest BCUT2D eigenvalue weighted by molar-refractivity contribution is 0.0487. The molecule has 5 nitrogen and oxygen atoms in total. The van der Waals surface area contributed by atoms with Crippen molar-refractivity contribution in [2.45, 2.75) is 31.5 Å². The first-order valence-corrected chi connectivity index (χ1v) is 9.78. The molecule has 1 saturated heterocycles. The third-order valence-electron chi connectivity index (χ3n) is 4.03. The molecule has 24 heavy (non-hydrogen) atoms. The Hall–Kier alpha value is -1.89. The average Bonchev–Trinajstić information content (AvgIpc) is 2.50. The molecule has 0 unspecified atom stereocenters. The molecule has 0 aliphatic carbocycles. The van der Waals surface area contributed by atoms with Crippen LogP contribution in [0, 0.1) is 0 Å². The van der Waals surface area contributed by atoms with Gasteiger partial charge in [0.2, 0.25) is 0 Å². The number of likely N-dealkylation sites (tertiary alicyclic amines) is 1. The minimum atomic E-state index is -3.21. The molecule has 1 N–H and O–H groups in total. The molecule has 2 rings (SSSR count). The summed E-state index contributed by atoms with van der Waals surface area (Å²) in [6, 6.07) is 8.72. The fraction of sp³-hybridized carbons (Fsp3) is 0.471. The summed E-state index contributed by atoms with van der Waals surface area (Å²) in [5.41, 5.74) is -0.420. The fourth-order valence-corrected chi connectivity index (χ4v) is 3.26. The SMILES string of the molecule is C[C@]1(F)CCN(C(=O)NC/C=C/S(C)(=O)=O)[C@H](c2ccccc2)C1. The third-order valence-corrected chi connectivity index (χ3v) is 4.72. The van der Waals surface area contributed by atoms with Crippen LogP contribution in [-0.4, -0.2) is 44.4 Å². The molecule has 0 saturated carbocycles. The van der Waals surface area contributed by atoms with Crippen molar-refractivity contribution in [3.8, 4) is 0 Å². The highest BCUT2D eigenvalue weighted by molar-refractivity contribution is 7.93. The van der Waals surface area contributed by atoms with Crippen LogP contribution in [-0.2, 0) is 9.84 Å². The topological polar surface area (TPSA) is 66.5 Å². The Morgan fingerprint density at radius 2 is 2.08 bits per heavy atom. The molecule has 1 aliphatic heterocycles. The van der Waals surface area contributed by atoms with Crippen LogP contribution in [0.5, 0.6) is 0 Å². The second kappa shape index (κ2) is 7.34. The number of rotatable bonds is 4. The van der Waals surface area contributed by atoms with Crippen LogP contribution >= 0.6 is 0 Å². The van der Waals surface area contributed by atoms with Gasteiger partial charge in [-0.25, -0.2) is 17.6 Å². The molecular formula is C17H23FN2O3S. The van der Waals surface area contributed by atoms with Crippen molar-refractivity contribution in [1.82, 2.24) is 10.2 Å². The van der Waals surface area contributed by atoms with Gasteiger partial charge in [-0.3, -0.25) is 0 Å². The number of amides is 2. The van der Waals surface area contributed by atoms with E-state index < -0.39 is 15.5 Å². The van der Waals surface area contributed by atoms with Crippen LogP contribution in [0.4, 0.5) is 9.18 Å². The molecule has 1 aromatic carbocycles. The number of sulfone groups is 1. The van der Waals surface area contributed by atoms with Gasteiger partial charge in [-0.2, -0.15) is 0 Å². The molecule has 0 spiro atoms. The van der Waals surface area contributed by atoms with Gasteiger partial charge in [0.1, 0.15) is 5.67 Å². The van der Waals surface area contributed by atoms with Crippen LogP contribution in [0.25, 0.3) is 0 Å². The summed E-state index contributed by atoms with van der Waals surface area (Å²) >= 11 is 0. The van der Waals surface area contributed by atoms with Gasteiger partial charge in [0.25, 0.3) is 0 Å². The highest BCUT2D eigenvalue weighted by atomic mass is 32.2. The molecule has 0 bridgehead atoms. The van der Waals surface area contributed by atoms with E-state index in [0.29, 0.717) is 6.54 Å². The van der Waals surface area contributed by atoms with E-state index >= 15 is 0 Å². The van der Waals surface area contributed by atoms with Crippen molar-refractivity contribution in [3.05, 3.63) is 47.4 Å². The van der Waals surface area contributed by atoms with Crippen molar-refractivity contribution in [3.63, 3.8) is 0 Å². The lowest BCUT2D eigenvalue weighted by atomic mass is 9.86. The first-order valence-electron chi connectivity index (χ1n) is 7.83. The summed E-state index contributed by atoms with van der Waals surface area (Å²) in [5.74, 6) is 0. The number of halogens is 1. The van der Waals surface area contributed by atoms with Crippen molar-refractivity contribution < 1.29 is 17.6 Å². The van der Waals surface area contributed by atoms with E-state index in [1.54, 1.807) is 11.8 Å². The Morgan fingerprint density at radius 1 is 1.42 bits per heavy atom. The normalized spacial score (nSPS) is 25.0. The number of carbonyl (C=O) groups is 1. The van der Waals surface area contributed by atoms with Crippen LogP contribution in [0.2, 0.25) is 0 Å². The second-order valence-electron chi connectivity index (χ2n) is 6.37. The van der Waals surface area contributed by atoms with E-state index in [9.17, 15) is 17.6 Å². The van der Waals surface area contributed by atoms with Crippen LogP contribution in [0.1, 0.15) is 31.4 Å². The lowest BCUT2D eigenvalue weighted by Gasteiger charge is -2.41. The lowest BCUT2D eigenvalue weighted by Crippen LogP contribution is -2.49. The molecule has 1 fully saturated rings. The van der Waals surface area contributed by atoms with Crippen LogP contribution in [0.15, 0.2) is 41.8 Å². The van der Waals surface area contributed by atoms with E-state index in [-0.39, 0.29) is 31.5 Å². The van der Waals surface area contributed by atoms with Gasteiger partial charge < -0.3 is 10.2 Å². The Bertz CT molecular complexity index is 702. The van der Waals surface area contributed by atoms with Gasteiger partial charge in [0, 0.05) is 31.2 Å². The largest absolute Gasteiger partial charge is 0.334 e. The number of benzene rings is 1. The van der Waals surface area contributed by atoms with Gasteiger partial charge in [-0.05, 0) is 18.9 Å². The number of urea groups is 1. The number of hydrogen-bond donors (Lipinski definition) is 1. The summed E-state index contributed by atoms with van der Waals surface area (Å²) in [7, 11) is -3.21. The zero-order chi connectivity index (χ0) is 17.8. The maximum Gasteiger partial charge on any atom is 0.318 e. The zero-order valence-electron chi connectivity index (χ0n) is 13.9. The van der Waals surface area contributed by atoms with Crippen molar-refractivity contribution in [2.24, 2.45) is 0 Å². The molecule has 2 atom stereocenters. The molecule has 1 heterocycles. The van der Waals surface area contributed by atoms with E-state index in [0.717, 1.165) is 17.2 Å². The maximum atomic E-state index is 14.4. The first-order chi connectivity index (χ1) is 11.2. The molecular weight excluding hydrogens is 331 g/mol. The summed E-state index contributed by atoms with van der Waals surface area (Å²) in [4.78, 5) is 14.0. The number of carbonyl (C=O) groups excluding carboxylic acids is 1. The smallest absolute Gasteiger partial charge is 0.318 e. The molecule has 132 valence electrons. The van der Waals surface area contributed by atoms with Gasteiger partial charge in [0.15, 0.2) is 9.84 Å². The Labute approximate surface area is 142 Å². The predicted octanol–water partition coefficient (Wildman–Crippen LogP) is 2.82. The van der Waals surface area contributed by atoms with E-state index in [1.165, 1.54) is 6.08 Å². The van der Waals surface area contributed by atoms with E-state index in [4.69, 9.17) is 0 Å². The summed E-state index contributed by atoms with van der Waals surface area (Å²) in [6.45, 7) is 1.98. The number of nitrogens with one attached hydrogen (secondary N) is 1. The van der Waals surface area contributed by atoms with Gasteiger partial charge >= 0.3 is 6.03 Å². The monoisotopic (exact) mass is 354 g/mol. The number of nitrogens with zero attached hydrogens (tertiary/aromatic N) is 1. The third kappa shape index (κ3) is 5.33. The predicted molar refractivity (Wildman–Crippen MR) is 92.0 cm³/mol. The Balaban J connectivity index is 2.08. The van der Waals surface area contributed by atoms with Crippen molar-refractivity contribution in [2.75, 3.05) is 19.3 Å². The van der Waals surface area contributed by atoms with E-state index in [1.807, 2.05) is 30.3 Å². The van der Waals surface area contributed by atoms with Crippen molar-refractivity contribution in [1.29, 1.82) is 0 Å². The fourth-order valence-electron chi connectivity index (χ4n) is 2.81. The van der Waals surface area contributed by atoms with Gasteiger partial charge in [-0.15, -0.1) is 0 Å². The van der Waals surface area contributed by atoms with Crippen LogP contribution in [0.3, 0.4) is 0 Å². The summed E-state index contributed by atoms with van der Waals surface area (Å²) in [5, 5.41) is 3.72. The maximum absolute atomic E-state index is 14.4. The highest BCUT2D eigenvalue weighted by Gasteiger charge is 2.39. The number of alkyl halides is 1. The van der Waals surface area contributed by atoms with Gasteiger partial charge in [-0.1, -0.05) is 36.4 Å². The van der Waals surface area contributed by atoms with Crippen LogP contribution < -0.4 is 5.32 Å². The van der Waals surface area contributed by atoms with E-state index in [2.05, 4.69) is 5.32 Å². The van der Waals surface area contributed by atoms with Crippen molar-refractivity contribution >= 4 is 15.9 Å². The quantitative estimate of drug-likeness (QED) is 0.904. The Morgan fingerprint density at radius 3 is 2.71 bits per heavy atom. The highest BCUT2D eigenvalue weighted by Crippen LogP contribution is 2.38. The minimum Gasteiger partial charge on any atom is -0.334 e. The first kappa shape index (κ1) is 18.4.